The van der Waals surface area contributed by atoms with Crippen molar-refractivity contribution in [2.24, 2.45) is 5.92 Å². The van der Waals surface area contributed by atoms with Crippen molar-refractivity contribution in [1.29, 1.82) is 0 Å². The van der Waals surface area contributed by atoms with E-state index in [4.69, 9.17) is 4.84 Å². The second-order valence-corrected chi connectivity index (χ2v) is 9.00. The number of rotatable bonds is 13. The van der Waals surface area contributed by atoms with Crippen molar-refractivity contribution in [2.45, 2.75) is 52.5 Å². The topological polar surface area (TPSA) is 115 Å². The molecular weight excluding hydrogens is 418 g/mol. The van der Waals surface area contributed by atoms with Crippen molar-refractivity contribution in [2.75, 3.05) is 48.7 Å². The van der Waals surface area contributed by atoms with Crippen LogP contribution in [0.25, 0.3) is 0 Å². The van der Waals surface area contributed by atoms with Gasteiger partial charge in [0.2, 0.25) is 5.95 Å². The van der Waals surface area contributed by atoms with Gasteiger partial charge in [0.15, 0.2) is 5.82 Å². The lowest BCUT2D eigenvalue weighted by Gasteiger charge is -2.18. The van der Waals surface area contributed by atoms with Gasteiger partial charge < -0.3 is 25.7 Å². The standard InChI is InChI=1S/C23H37N9O/c1-5-32(6-2)10-9-24-20-13-21(26-22-12-19(29-30-22)16-7-8-16)28-23(27-20)25-14-17-11-18(15(3)4)31-33-17/h11-13,15-16,18,31H,5-10,14H2,1-4H3,(H4,24,25,26,27,28,29,30). The molecule has 0 spiro atoms. The summed E-state index contributed by atoms with van der Waals surface area (Å²) in [5.74, 6) is 4.67. The zero-order valence-corrected chi connectivity index (χ0v) is 20.1. The molecule has 2 aromatic heterocycles. The second-order valence-electron chi connectivity index (χ2n) is 9.00. The van der Waals surface area contributed by atoms with E-state index in [0.29, 0.717) is 30.1 Å². The molecule has 5 N–H and O–H groups in total. The van der Waals surface area contributed by atoms with Crippen molar-refractivity contribution in [3.63, 3.8) is 0 Å². The monoisotopic (exact) mass is 455 g/mol. The first-order valence-corrected chi connectivity index (χ1v) is 12.1. The number of aromatic amines is 1. The van der Waals surface area contributed by atoms with E-state index in [1.807, 2.05) is 6.07 Å². The molecule has 10 heteroatoms. The summed E-state index contributed by atoms with van der Waals surface area (Å²) < 4.78 is 0. The Kier molecular flexibility index (Phi) is 7.66. The Morgan fingerprint density at radius 2 is 1.88 bits per heavy atom. The Morgan fingerprint density at radius 3 is 2.58 bits per heavy atom. The minimum absolute atomic E-state index is 0.216. The van der Waals surface area contributed by atoms with Crippen LogP contribution in [0.3, 0.4) is 0 Å². The summed E-state index contributed by atoms with van der Waals surface area (Å²) in [5, 5.41) is 17.6. The summed E-state index contributed by atoms with van der Waals surface area (Å²) in [6.07, 6.45) is 4.56. The highest BCUT2D eigenvalue weighted by molar-refractivity contribution is 5.59. The molecule has 3 heterocycles. The first kappa shape index (κ1) is 23.3. The quantitative estimate of drug-likeness (QED) is 0.310. The lowest BCUT2D eigenvalue weighted by Crippen LogP contribution is -2.28. The third-order valence-electron chi connectivity index (χ3n) is 6.06. The molecule has 10 nitrogen and oxygen atoms in total. The molecule has 1 aliphatic heterocycles. The summed E-state index contributed by atoms with van der Waals surface area (Å²) in [5.41, 5.74) is 4.23. The van der Waals surface area contributed by atoms with Gasteiger partial charge in [-0.15, -0.1) is 5.48 Å². The van der Waals surface area contributed by atoms with Crippen LogP contribution in [0.4, 0.5) is 23.4 Å². The van der Waals surface area contributed by atoms with Crippen molar-refractivity contribution >= 4 is 23.4 Å². The molecule has 2 aromatic rings. The van der Waals surface area contributed by atoms with Crippen LogP contribution in [0, 0.1) is 5.92 Å². The van der Waals surface area contributed by atoms with Gasteiger partial charge in [0.05, 0.1) is 12.6 Å². The van der Waals surface area contributed by atoms with Crippen LogP contribution in [-0.4, -0.2) is 63.8 Å². The van der Waals surface area contributed by atoms with E-state index in [-0.39, 0.29) is 6.04 Å². The van der Waals surface area contributed by atoms with Gasteiger partial charge in [-0.1, -0.05) is 27.7 Å². The zero-order valence-electron chi connectivity index (χ0n) is 20.1. The SMILES string of the molecule is CCN(CC)CCNc1cc(Nc2cc(C3CC3)[nH]n2)nc(NCC2=CC(C(C)C)NO2)n1. The Bertz CT molecular complexity index is 934. The number of nitrogens with zero attached hydrogens (tertiary/aromatic N) is 4. The van der Waals surface area contributed by atoms with Gasteiger partial charge in [-0.25, -0.2) is 0 Å². The predicted octanol–water partition coefficient (Wildman–Crippen LogP) is 3.43. The van der Waals surface area contributed by atoms with Gasteiger partial charge in [-0.05, 0) is 37.9 Å². The Labute approximate surface area is 195 Å². The molecule has 0 aromatic carbocycles. The normalized spacial score (nSPS) is 17.9. The number of H-pyrrole nitrogens is 1. The molecule has 4 rings (SSSR count). The van der Waals surface area contributed by atoms with Crippen LogP contribution in [0.15, 0.2) is 24.0 Å². The average molecular weight is 456 g/mol. The van der Waals surface area contributed by atoms with E-state index in [0.717, 1.165) is 43.6 Å². The van der Waals surface area contributed by atoms with Crippen LogP contribution in [0.2, 0.25) is 0 Å². The third-order valence-corrected chi connectivity index (χ3v) is 6.06. The van der Waals surface area contributed by atoms with E-state index < -0.39 is 0 Å². The lowest BCUT2D eigenvalue weighted by molar-refractivity contribution is 0.104. The molecule has 1 atom stereocenters. The Hall–Kier alpha value is -2.85. The molecular formula is C23H37N9O. The largest absolute Gasteiger partial charge is 0.411 e. The maximum atomic E-state index is 5.59. The maximum absolute atomic E-state index is 5.59. The summed E-state index contributed by atoms with van der Waals surface area (Å²) in [6.45, 7) is 13.0. The molecule has 0 bridgehead atoms. The molecule has 1 unspecified atom stereocenters. The fourth-order valence-corrected chi connectivity index (χ4v) is 3.70. The van der Waals surface area contributed by atoms with E-state index >= 15 is 0 Å². The van der Waals surface area contributed by atoms with Crippen molar-refractivity contribution in [3.05, 3.63) is 29.7 Å². The number of aromatic nitrogens is 4. The first-order valence-electron chi connectivity index (χ1n) is 12.1. The smallest absolute Gasteiger partial charge is 0.227 e. The van der Waals surface area contributed by atoms with Gasteiger partial charge in [0.1, 0.15) is 17.4 Å². The highest BCUT2D eigenvalue weighted by atomic mass is 16.7. The number of likely N-dealkylation sites (N-methyl/N-ethyl adjacent to an activating group) is 1. The van der Waals surface area contributed by atoms with E-state index in [9.17, 15) is 0 Å². The van der Waals surface area contributed by atoms with Crippen LogP contribution < -0.4 is 21.4 Å². The van der Waals surface area contributed by atoms with Crippen molar-refractivity contribution in [3.8, 4) is 0 Å². The molecule has 1 saturated carbocycles. The van der Waals surface area contributed by atoms with E-state index in [1.54, 1.807) is 0 Å². The molecule has 2 aliphatic rings. The lowest BCUT2D eigenvalue weighted by atomic mass is 10.1. The van der Waals surface area contributed by atoms with Gasteiger partial charge in [0, 0.05) is 36.8 Å². The van der Waals surface area contributed by atoms with Gasteiger partial charge >= 0.3 is 0 Å². The number of hydrogen-bond acceptors (Lipinski definition) is 9. The number of hydrogen-bond donors (Lipinski definition) is 5. The van der Waals surface area contributed by atoms with Crippen LogP contribution in [-0.2, 0) is 4.84 Å². The fourth-order valence-electron chi connectivity index (χ4n) is 3.70. The number of anilines is 4. The van der Waals surface area contributed by atoms with Gasteiger partial charge in [0.25, 0.3) is 0 Å². The van der Waals surface area contributed by atoms with Gasteiger partial charge in [-0.2, -0.15) is 15.1 Å². The first-order chi connectivity index (χ1) is 16.0. The zero-order chi connectivity index (χ0) is 23.2. The average Bonchev–Trinajstić information content (AvgIpc) is 3.36. The second kappa shape index (κ2) is 10.8. The Balaban J connectivity index is 1.43. The minimum Gasteiger partial charge on any atom is -0.411 e. The summed E-state index contributed by atoms with van der Waals surface area (Å²) in [7, 11) is 0. The van der Waals surface area contributed by atoms with E-state index in [2.05, 4.69) is 86.3 Å². The van der Waals surface area contributed by atoms with Crippen molar-refractivity contribution < 1.29 is 4.84 Å². The maximum Gasteiger partial charge on any atom is 0.227 e. The number of hydroxylamine groups is 1. The highest BCUT2D eigenvalue weighted by Crippen LogP contribution is 2.39. The molecule has 0 radical (unpaired) electrons. The molecule has 180 valence electrons. The molecule has 0 amide bonds. The van der Waals surface area contributed by atoms with Crippen LogP contribution in [0.5, 0.6) is 0 Å². The van der Waals surface area contributed by atoms with Gasteiger partial charge in [-0.3, -0.25) is 5.10 Å². The molecule has 33 heavy (non-hydrogen) atoms. The van der Waals surface area contributed by atoms with E-state index in [1.165, 1.54) is 18.5 Å². The molecule has 1 aliphatic carbocycles. The predicted molar refractivity (Wildman–Crippen MR) is 132 cm³/mol. The summed E-state index contributed by atoms with van der Waals surface area (Å²) >= 11 is 0. The number of nitrogens with one attached hydrogen (secondary N) is 5. The molecule has 1 fully saturated rings. The van der Waals surface area contributed by atoms with Crippen LogP contribution >= 0.6 is 0 Å². The van der Waals surface area contributed by atoms with Crippen LogP contribution in [0.1, 0.15) is 52.1 Å². The van der Waals surface area contributed by atoms with Crippen molar-refractivity contribution in [1.82, 2.24) is 30.5 Å². The minimum atomic E-state index is 0.216. The Morgan fingerprint density at radius 1 is 1.09 bits per heavy atom. The summed E-state index contributed by atoms with van der Waals surface area (Å²) in [4.78, 5) is 17.3. The highest BCUT2D eigenvalue weighted by Gasteiger charge is 2.25. The summed E-state index contributed by atoms with van der Waals surface area (Å²) in [6, 6.07) is 4.20. The molecule has 0 saturated heterocycles. The third kappa shape index (κ3) is 6.58. The fraction of sp³-hybridized carbons (Fsp3) is 0.609.